The van der Waals surface area contributed by atoms with E-state index in [4.69, 9.17) is 0 Å². The molecule has 1 aromatic heterocycles. The minimum atomic E-state index is -0.493. The van der Waals surface area contributed by atoms with E-state index in [0.717, 1.165) is 18.6 Å². The third-order valence-electron chi connectivity index (χ3n) is 2.78. The van der Waals surface area contributed by atoms with Gasteiger partial charge in [0.2, 0.25) is 0 Å². The van der Waals surface area contributed by atoms with Crippen LogP contribution in [0.1, 0.15) is 25.8 Å². The molecule has 1 atom stereocenters. The summed E-state index contributed by atoms with van der Waals surface area (Å²) in [6.45, 7) is 4.50. The van der Waals surface area contributed by atoms with Crippen molar-refractivity contribution >= 4 is 23.1 Å². The molecule has 0 bridgehead atoms. The van der Waals surface area contributed by atoms with Crippen molar-refractivity contribution in [3.05, 3.63) is 22.4 Å². The first-order chi connectivity index (χ1) is 6.99. The molecule has 0 saturated carbocycles. The average Bonchev–Trinajstić information content (AvgIpc) is 2.52. The lowest BCUT2D eigenvalue weighted by Crippen LogP contribution is -2.44. The van der Waals surface area contributed by atoms with Gasteiger partial charge in [-0.05, 0) is 40.0 Å². The lowest BCUT2D eigenvalue weighted by atomic mass is 9.79. The van der Waals surface area contributed by atoms with Crippen LogP contribution in [-0.2, 0) is 6.42 Å². The highest BCUT2D eigenvalue weighted by atomic mass is 32.2. The standard InChI is InChI=1S/C12H18OS2/c1-11(2)7-12(13,9-15-8-11)5-10-3-4-14-6-10/h3-4,6,13H,5,7-9H2,1-2H3. The molecule has 1 saturated heterocycles. The quantitative estimate of drug-likeness (QED) is 0.859. The SMILES string of the molecule is CC1(C)CSCC(O)(Cc2ccsc2)C1. The van der Waals surface area contributed by atoms with Gasteiger partial charge in [-0.2, -0.15) is 23.1 Å². The van der Waals surface area contributed by atoms with E-state index in [9.17, 15) is 5.11 Å². The molecule has 1 aliphatic heterocycles. The molecule has 0 aromatic carbocycles. The molecule has 15 heavy (non-hydrogen) atoms. The first kappa shape index (κ1) is 11.5. The monoisotopic (exact) mass is 242 g/mol. The topological polar surface area (TPSA) is 20.2 Å². The number of aliphatic hydroxyl groups is 1. The maximum absolute atomic E-state index is 10.6. The predicted molar refractivity (Wildman–Crippen MR) is 68.7 cm³/mol. The highest BCUT2D eigenvalue weighted by Crippen LogP contribution is 2.40. The van der Waals surface area contributed by atoms with E-state index < -0.39 is 5.60 Å². The summed E-state index contributed by atoms with van der Waals surface area (Å²) in [5.41, 5.74) is 1.06. The minimum absolute atomic E-state index is 0.272. The molecule has 2 heterocycles. The molecule has 0 amide bonds. The summed E-state index contributed by atoms with van der Waals surface area (Å²) in [5.74, 6) is 2.05. The molecular formula is C12H18OS2. The van der Waals surface area contributed by atoms with Crippen LogP contribution >= 0.6 is 23.1 Å². The van der Waals surface area contributed by atoms with Crippen LogP contribution in [0, 0.1) is 5.41 Å². The Morgan fingerprint density at radius 1 is 1.40 bits per heavy atom. The van der Waals surface area contributed by atoms with Gasteiger partial charge in [0.05, 0.1) is 5.60 Å². The van der Waals surface area contributed by atoms with Gasteiger partial charge in [-0.1, -0.05) is 13.8 Å². The van der Waals surface area contributed by atoms with Gasteiger partial charge in [0.1, 0.15) is 0 Å². The van der Waals surface area contributed by atoms with Gasteiger partial charge >= 0.3 is 0 Å². The van der Waals surface area contributed by atoms with E-state index in [1.165, 1.54) is 11.3 Å². The van der Waals surface area contributed by atoms with Crippen molar-refractivity contribution in [1.82, 2.24) is 0 Å². The van der Waals surface area contributed by atoms with Crippen LogP contribution in [0.15, 0.2) is 16.8 Å². The normalized spacial score (nSPS) is 30.3. The summed E-state index contributed by atoms with van der Waals surface area (Å²) < 4.78 is 0. The van der Waals surface area contributed by atoms with Crippen molar-refractivity contribution in [2.45, 2.75) is 32.3 Å². The van der Waals surface area contributed by atoms with Gasteiger partial charge in [-0.25, -0.2) is 0 Å². The van der Waals surface area contributed by atoms with E-state index in [1.54, 1.807) is 11.3 Å². The average molecular weight is 242 g/mol. The summed E-state index contributed by atoms with van der Waals surface area (Å²) in [6, 6.07) is 2.12. The lowest BCUT2D eigenvalue weighted by molar-refractivity contribution is 0.0201. The fourth-order valence-electron chi connectivity index (χ4n) is 2.40. The predicted octanol–water partition coefficient (Wildman–Crippen LogP) is 3.18. The van der Waals surface area contributed by atoms with E-state index in [-0.39, 0.29) is 5.41 Å². The number of thiophene rings is 1. The number of hydrogen-bond donors (Lipinski definition) is 1. The van der Waals surface area contributed by atoms with Crippen LogP contribution in [0.2, 0.25) is 0 Å². The highest BCUT2D eigenvalue weighted by molar-refractivity contribution is 7.99. The Bertz CT molecular complexity index is 318. The smallest absolute Gasteiger partial charge is 0.0783 e. The van der Waals surface area contributed by atoms with E-state index in [2.05, 4.69) is 30.7 Å². The summed E-state index contributed by atoms with van der Waals surface area (Å²) in [4.78, 5) is 0. The van der Waals surface area contributed by atoms with Crippen LogP contribution in [0.25, 0.3) is 0 Å². The van der Waals surface area contributed by atoms with Crippen LogP contribution in [0.4, 0.5) is 0 Å². The molecule has 1 aliphatic rings. The molecule has 0 spiro atoms. The summed E-state index contributed by atoms with van der Waals surface area (Å²) in [6.07, 6.45) is 1.73. The Kier molecular flexibility index (Phi) is 3.15. The molecule has 1 unspecified atom stereocenters. The molecule has 0 radical (unpaired) electrons. The molecule has 1 aromatic rings. The van der Waals surface area contributed by atoms with Crippen molar-refractivity contribution in [3.63, 3.8) is 0 Å². The van der Waals surface area contributed by atoms with Crippen LogP contribution < -0.4 is 0 Å². The zero-order valence-electron chi connectivity index (χ0n) is 9.32. The molecule has 1 fully saturated rings. The third-order valence-corrected chi connectivity index (χ3v) is 5.24. The highest BCUT2D eigenvalue weighted by Gasteiger charge is 2.38. The van der Waals surface area contributed by atoms with Gasteiger partial charge in [0.15, 0.2) is 0 Å². The number of rotatable bonds is 2. The van der Waals surface area contributed by atoms with Crippen molar-refractivity contribution in [2.75, 3.05) is 11.5 Å². The second-order valence-electron chi connectivity index (χ2n) is 5.37. The maximum atomic E-state index is 10.6. The second kappa shape index (κ2) is 4.11. The fourth-order valence-corrected chi connectivity index (χ4v) is 4.41. The summed E-state index contributed by atoms with van der Waals surface area (Å²) >= 11 is 3.59. The first-order valence-corrected chi connectivity index (χ1v) is 7.40. The molecule has 0 aliphatic carbocycles. The molecular weight excluding hydrogens is 224 g/mol. The third kappa shape index (κ3) is 2.99. The minimum Gasteiger partial charge on any atom is -0.389 e. The Hall–Kier alpha value is 0.01000. The van der Waals surface area contributed by atoms with Crippen molar-refractivity contribution in [2.24, 2.45) is 5.41 Å². The lowest BCUT2D eigenvalue weighted by Gasteiger charge is -2.41. The number of hydrogen-bond acceptors (Lipinski definition) is 3. The maximum Gasteiger partial charge on any atom is 0.0783 e. The van der Waals surface area contributed by atoms with Gasteiger partial charge in [-0.3, -0.25) is 0 Å². The first-order valence-electron chi connectivity index (χ1n) is 5.30. The molecule has 2 rings (SSSR count). The Morgan fingerprint density at radius 3 is 2.80 bits per heavy atom. The summed E-state index contributed by atoms with van der Waals surface area (Å²) in [5, 5.41) is 14.8. The van der Waals surface area contributed by atoms with Gasteiger partial charge in [0.25, 0.3) is 0 Å². The largest absolute Gasteiger partial charge is 0.389 e. The van der Waals surface area contributed by atoms with E-state index >= 15 is 0 Å². The molecule has 3 heteroatoms. The second-order valence-corrected chi connectivity index (χ2v) is 7.13. The van der Waals surface area contributed by atoms with Crippen LogP contribution in [0.5, 0.6) is 0 Å². The van der Waals surface area contributed by atoms with Gasteiger partial charge in [0, 0.05) is 12.2 Å². The Morgan fingerprint density at radius 2 is 2.20 bits per heavy atom. The number of thioether (sulfide) groups is 1. The Labute approximate surface area is 99.9 Å². The zero-order valence-corrected chi connectivity index (χ0v) is 11.0. The van der Waals surface area contributed by atoms with Gasteiger partial charge < -0.3 is 5.11 Å². The summed E-state index contributed by atoms with van der Waals surface area (Å²) in [7, 11) is 0. The van der Waals surface area contributed by atoms with Crippen LogP contribution in [-0.4, -0.2) is 22.2 Å². The van der Waals surface area contributed by atoms with Crippen molar-refractivity contribution < 1.29 is 5.11 Å². The molecule has 1 N–H and O–H groups in total. The van der Waals surface area contributed by atoms with E-state index in [1.807, 2.05) is 11.8 Å². The molecule has 1 nitrogen and oxygen atoms in total. The fraction of sp³-hybridized carbons (Fsp3) is 0.667. The van der Waals surface area contributed by atoms with Gasteiger partial charge in [-0.15, -0.1) is 0 Å². The van der Waals surface area contributed by atoms with Crippen molar-refractivity contribution in [1.29, 1.82) is 0 Å². The molecule has 84 valence electrons. The Balaban J connectivity index is 2.06. The van der Waals surface area contributed by atoms with Crippen LogP contribution in [0.3, 0.4) is 0 Å². The zero-order chi connectivity index (χ0) is 10.9. The van der Waals surface area contributed by atoms with E-state index in [0.29, 0.717) is 0 Å². The van der Waals surface area contributed by atoms with Crippen molar-refractivity contribution in [3.8, 4) is 0 Å².